The maximum absolute atomic E-state index is 12.6. The van der Waals surface area contributed by atoms with Gasteiger partial charge in [0, 0.05) is 5.70 Å². The fraction of sp³-hybridized carbons (Fsp3) is 0.412. The van der Waals surface area contributed by atoms with Crippen LogP contribution in [0, 0.1) is 0 Å². The van der Waals surface area contributed by atoms with Crippen molar-refractivity contribution in [3.8, 4) is 11.5 Å². The minimum atomic E-state index is -0.516. The summed E-state index contributed by atoms with van der Waals surface area (Å²) in [5.41, 5.74) is 1.78. The van der Waals surface area contributed by atoms with E-state index < -0.39 is 12.0 Å². The van der Waals surface area contributed by atoms with Crippen LogP contribution in [0.1, 0.15) is 32.4 Å². The third-order valence-corrected chi connectivity index (χ3v) is 4.12. The Kier molecular flexibility index (Phi) is 6.13. The van der Waals surface area contributed by atoms with Crippen LogP contribution in [0.5, 0.6) is 11.5 Å². The lowest BCUT2D eigenvalue weighted by atomic mass is 9.95. The Hall–Kier alpha value is -1.99. The Morgan fingerprint density at radius 1 is 1.28 bits per heavy atom. The number of benzene rings is 1. The Balaban J connectivity index is 2.54. The van der Waals surface area contributed by atoms with E-state index in [1.54, 1.807) is 32.9 Å². The van der Waals surface area contributed by atoms with Gasteiger partial charge in [-0.1, -0.05) is 11.6 Å². The summed E-state index contributed by atoms with van der Waals surface area (Å²) in [7, 11) is 3.03. The summed E-state index contributed by atoms with van der Waals surface area (Å²) >= 11 is 11.5. The minimum Gasteiger partial charge on any atom is -0.493 e. The van der Waals surface area contributed by atoms with E-state index in [0.717, 1.165) is 0 Å². The average Bonchev–Trinajstić information content (AvgIpc) is 2.52. The van der Waals surface area contributed by atoms with Gasteiger partial charge in [-0.05, 0) is 50.7 Å². The molecule has 1 aromatic rings. The van der Waals surface area contributed by atoms with Gasteiger partial charge < -0.3 is 24.8 Å². The smallest absolute Gasteiger partial charge is 0.338 e. The zero-order valence-corrected chi connectivity index (χ0v) is 16.3. The van der Waals surface area contributed by atoms with Crippen molar-refractivity contribution in [2.24, 2.45) is 0 Å². The number of rotatable bonds is 5. The third kappa shape index (κ3) is 4.16. The van der Waals surface area contributed by atoms with E-state index in [9.17, 15) is 4.79 Å². The molecule has 0 amide bonds. The van der Waals surface area contributed by atoms with Crippen molar-refractivity contribution in [1.82, 2.24) is 10.6 Å². The summed E-state index contributed by atoms with van der Waals surface area (Å²) in [4.78, 5) is 12.6. The molecule has 0 radical (unpaired) electrons. The van der Waals surface area contributed by atoms with Crippen LogP contribution < -0.4 is 20.1 Å². The predicted molar refractivity (Wildman–Crippen MR) is 100 cm³/mol. The number of thiocarbonyl (C=S) groups is 1. The molecule has 1 aromatic carbocycles. The van der Waals surface area contributed by atoms with E-state index in [0.29, 0.717) is 38.5 Å². The zero-order valence-electron chi connectivity index (χ0n) is 14.7. The second kappa shape index (κ2) is 7.93. The van der Waals surface area contributed by atoms with Gasteiger partial charge in [0.2, 0.25) is 0 Å². The molecule has 25 heavy (non-hydrogen) atoms. The van der Waals surface area contributed by atoms with E-state index >= 15 is 0 Å². The van der Waals surface area contributed by atoms with Gasteiger partial charge in [-0.25, -0.2) is 4.79 Å². The predicted octanol–water partition coefficient (Wildman–Crippen LogP) is 3.10. The molecule has 0 aromatic heterocycles. The van der Waals surface area contributed by atoms with Crippen LogP contribution in [0.15, 0.2) is 23.4 Å². The van der Waals surface area contributed by atoms with Crippen molar-refractivity contribution in [3.63, 3.8) is 0 Å². The SMILES string of the molecule is COc1cc([C@@H]2NC(=S)NC(C)=C2C(=O)OC(C)C)cc(Cl)c1OC. The van der Waals surface area contributed by atoms with Gasteiger partial charge in [-0.3, -0.25) is 0 Å². The number of allylic oxidation sites excluding steroid dienone is 1. The number of hydrogen-bond donors (Lipinski definition) is 2. The first-order valence-corrected chi connectivity index (χ1v) is 8.47. The number of hydrogen-bond acceptors (Lipinski definition) is 5. The quantitative estimate of drug-likeness (QED) is 0.597. The highest BCUT2D eigenvalue weighted by Gasteiger charge is 2.32. The normalized spacial score (nSPS) is 17.1. The summed E-state index contributed by atoms with van der Waals surface area (Å²) in [6.45, 7) is 5.37. The van der Waals surface area contributed by atoms with E-state index in [1.807, 2.05) is 0 Å². The van der Waals surface area contributed by atoms with Gasteiger partial charge in [-0.15, -0.1) is 0 Å². The Bertz CT molecular complexity index is 734. The van der Waals surface area contributed by atoms with Crippen molar-refractivity contribution in [2.75, 3.05) is 14.2 Å². The van der Waals surface area contributed by atoms with Crippen molar-refractivity contribution in [1.29, 1.82) is 0 Å². The van der Waals surface area contributed by atoms with Crippen LogP contribution >= 0.6 is 23.8 Å². The molecule has 2 rings (SSSR count). The second-order valence-electron chi connectivity index (χ2n) is 5.76. The molecule has 1 aliphatic rings. The molecule has 1 atom stereocenters. The molecule has 0 unspecified atom stereocenters. The van der Waals surface area contributed by atoms with Crippen molar-refractivity contribution >= 4 is 34.9 Å². The largest absolute Gasteiger partial charge is 0.493 e. The van der Waals surface area contributed by atoms with Gasteiger partial charge in [0.15, 0.2) is 16.6 Å². The summed E-state index contributed by atoms with van der Waals surface area (Å²) in [6.07, 6.45) is -0.240. The number of halogens is 1. The van der Waals surface area contributed by atoms with Gasteiger partial charge in [0.05, 0.1) is 37.0 Å². The molecular weight excluding hydrogens is 364 g/mol. The third-order valence-electron chi connectivity index (χ3n) is 3.62. The molecule has 0 saturated carbocycles. The molecule has 0 spiro atoms. The second-order valence-corrected chi connectivity index (χ2v) is 6.58. The Morgan fingerprint density at radius 3 is 2.52 bits per heavy atom. The summed E-state index contributed by atoms with van der Waals surface area (Å²) in [5.74, 6) is 0.466. The number of carbonyl (C=O) groups excluding carboxylic acids is 1. The fourth-order valence-electron chi connectivity index (χ4n) is 2.60. The number of ether oxygens (including phenoxy) is 3. The van der Waals surface area contributed by atoms with Crippen molar-refractivity contribution in [3.05, 3.63) is 34.0 Å². The number of carbonyl (C=O) groups is 1. The summed E-state index contributed by atoms with van der Waals surface area (Å²) in [5, 5.41) is 6.83. The highest BCUT2D eigenvalue weighted by Crippen LogP contribution is 2.39. The van der Waals surface area contributed by atoms with Crippen molar-refractivity contribution < 1.29 is 19.0 Å². The molecule has 136 valence electrons. The molecule has 0 aliphatic carbocycles. The molecule has 0 fully saturated rings. The Morgan fingerprint density at radius 2 is 1.96 bits per heavy atom. The van der Waals surface area contributed by atoms with E-state index in [2.05, 4.69) is 10.6 Å². The zero-order chi connectivity index (χ0) is 18.7. The van der Waals surface area contributed by atoms with E-state index in [4.69, 9.17) is 38.0 Å². The van der Waals surface area contributed by atoms with Crippen LogP contribution in [0.4, 0.5) is 0 Å². The fourth-order valence-corrected chi connectivity index (χ4v) is 3.16. The van der Waals surface area contributed by atoms with Gasteiger partial charge >= 0.3 is 5.97 Å². The summed E-state index contributed by atoms with van der Waals surface area (Å²) < 4.78 is 16.0. The first-order chi connectivity index (χ1) is 11.8. The van der Waals surface area contributed by atoms with Crippen molar-refractivity contribution in [2.45, 2.75) is 32.9 Å². The molecule has 8 heteroatoms. The highest BCUT2D eigenvalue weighted by atomic mass is 35.5. The molecule has 0 saturated heterocycles. The number of methoxy groups -OCH3 is 2. The number of esters is 1. The monoisotopic (exact) mass is 384 g/mol. The molecule has 0 bridgehead atoms. The van der Waals surface area contributed by atoms with Crippen LogP contribution in [0.2, 0.25) is 5.02 Å². The number of nitrogens with one attached hydrogen (secondary N) is 2. The molecular formula is C17H21ClN2O4S. The minimum absolute atomic E-state index is 0.240. The maximum Gasteiger partial charge on any atom is 0.338 e. The van der Waals surface area contributed by atoms with E-state index in [1.165, 1.54) is 14.2 Å². The van der Waals surface area contributed by atoms with Gasteiger partial charge in [-0.2, -0.15) is 0 Å². The Labute approximate surface area is 157 Å². The van der Waals surface area contributed by atoms with E-state index in [-0.39, 0.29) is 6.10 Å². The molecule has 1 heterocycles. The topological polar surface area (TPSA) is 68.8 Å². The highest BCUT2D eigenvalue weighted by molar-refractivity contribution is 7.80. The average molecular weight is 385 g/mol. The summed E-state index contributed by atoms with van der Waals surface area (Å²) in [6, 6.07) is 2.95. The standard InChI is InChI=1S/C17H21ClN2O4S/c1-8(2)24-16(21)13-9(3)19-17(25)20-14(13)10-6-11(18)15(23-5)12(7-10)22-4/h6-8,14H,1-5H3,(H2,19,20,25)/t14-/m0/s1. The molecule has 2 N–H and O–H groups in total. The lowest BCUT2D eigenvalue weighted by Crippen LogP contribution is -2.45. The molecule has 6 nitrogen and oxygen atoms in total. The lowest BCUT2D eigenvalue weighted by Gasteiger charge is -2.30. The first-order valence-electron chi connectivity index (χ1n) is 7.69. The van der Waals surface area contributed by atoms with Gasteiger partial charge in [0.1, 0.15) is 0 Å². The lowest BCUT2D eigenvalue weighted by molar-refractivity contribution is -0.143. The first kappa shape index (κ1) is 19.3. The van der Waals surface area contributed by atoms with Crippen LogP contribution in [-0.4, -0.2) is 31.4 Å². The molecule has 1 aliphatic heterocycles. The maximum atomic E-state index is 12.6. The van der Waals surface area contributed by atoms with Gasteiger partial charge in [0.25, 0.3) is 0 Å². The van der Waals surface area contributed by atoms with Crippen LogP contribution in [-0.2, 0) is 9.53 Å². The van der Waals surface area contributed by atoms with Crippen LogP contribution in [0.3, 0.4) is 0 Å². The van der Waals surface area contributed by atoms with Crippen LogP contribution in [0.25, 0.3) is 0 Å².